The van der Waals surface area contributed by atoms with Gasteiger partial charge in [-0.05, 0) is 42.8 Å². The van der Waals surface area contributed by atoms with Crippen LogP contribution in [0, 0.1) is 0 Å². The number of rotatable bonds is 5. The summed E-state index contributed by atoms with van der Waals surface area (Å²) in [7, 11) is 0. The van der Waals surface area contributed by atoms with Crippen LogP contribution in [0.3, 0.4) is 0 Å². The van der Waals surface area contributed by atoms with E-state index < -0.39 is 17.9 Å². The molecule has 0 bridgehead atoms. The van der Waals surface area contributed by atoms with Crippen LogP contribution in [-0.4, -0.2) is 56.7 Å². The zero-order valence-electron chi connectivity index (χ0n) is 17.2. The Labute approximate surface area is 185 Å². The highest BCUT2D eigenvalue weighted by Crippen LogP contribution is 1.97. The van der Waals surface area contributed by atoms with Gasteiger partial charge in [0.05, 0.1) is 16.7 Å². The lowest BCUT2D eigenvalue weighted by Crippen LogP contribution is -1.93. The molecule has 0 saturated heterocycles. The summed E-state index contributed by atoms with van der Waals surface area (Å²) in [6.45, 7) is 0.188. The van der Waals surface area contributed by atoms with Gasteiger partial charge in [-0.25, -0.2) is 14.4 Å². The van der Waals surface area contributed by atoms with E-state index in [1.165, 1.54) is 0 Å². The van der Waals surface area contributed by atoms with Crippen LogP contribution in [0.2, 0.25) is 0 Å². The van der Waals surface area contributed by atoms with Crippen LogP contribution in [0.4, 0.5) is 0 Å². The van der Waals surface area contributed by atoms with Gasteiger partial charge in [0.1, 0.15) is 0 Å². The maximum Gasteiger partial charge on any atom is 0.335 e. The van der Waals surface area contributed by atoms with Crippen LogP contribution in [0.15, 0.2) is 91.0 Å². The standard InChI is InChI=1S/3C7H6O2.C3H8O2/c3*8-7(9)6-4-2-1-3-5-6;4-2-1-3-5/h3*1-5H,(H,8,9);4-5H,1-3H2. The highest BCUT2D eigenvalue weighted by atomic mass is 16.4. The molecule has 0 atom stereocenters. The smallest absolute Gasteiger partial charge is 0.335 e. The van der Waals surface area contributed by atoms with Crippen molar-refractivity contribution < 1.29 is 39.9 Å². The molecule has 0 spiro atoms. The van der Waals surface area contributed by atoms with Gasteiger partial charge >= 0.3 is 17.9 Å². The molecule has 3 aromatic carbocycles. The Kier molecular flexibility index (Phi) is 15.6. The number of aromatic carboxylic acids is 3. The van der Waals surface area contributed by atoms with Crippen molar-refractivity contribution in [3.8, 4) is 0 Å². The van der Waals surface area contributed by atoms with Gasteiger partial charge in [0.25, 0.3) is 0 Å². The molecule has 170 valence electrons. The third kappa shape index (κ3) is 14.0. The molecule has 0 unspecified atom stereocenters. The highest BCUT2D eigenvalue weighted by Gasteiger charge is 1.98. The summed E-state index contributed by atoms with van der Waals surface area (Å²) in [6.07, 6.45) is 0.500. The zero-order valence-corrected chi connectivity index (χ0v) is 17.2. The molecule has 5 N–H and O–H groups in total. The van der Waals surface area contributed by atoms with Crippen molar-refractivity contribution in [2.45, 2.75) is 6.42 Å². The minimum absolute atomic E-state index is 0.0938. The Morgan fingerprint density at radius 1 is 0.469 bits per heavy atom. The zero-order chi connectivity index (χ0) is 24.2. The molecule has 8 heteroatoms. The number of carboxylic acids is 3. The first-order chi connectivity index (χ1) is 15.3. The van der Waals surface area contributed by atoms with E-state index in [0.29, 0.717) is 23.1 Å². The average molecular weight is 442 g/mol. The largest absolute Gasteiger partial charge is 0.478 e. The Balaban J connectivity index is 0.000000410. The van der Waals surface area contributed by atoms with Crippen molar-refractivity contribution in [3.05, 3.63) is 108 Å². The quantitative estimate of drug-likeness (QED) is 0.402. The van der Waals surface area contributed by atoms with E-state index in [4.69, 9.17) is 25.5 Å². The normalized spacial score (nSPS) is 8.81. The SMILES string of the molecule is O=C(O)c1ccccc1.O=C(O)c1ccccc1.O=C(O)c1ccccc1.OCCCO. The summed E-state index contributed by atoms with van der Waals surface area (Å²) < 4.78 is 0. The number of carbonyl (C=O) groups is 3. The topological polar surface area (TPSA) is 152 Å². The Morgan fingerprint density at radius 2 is 0.688 bits per heavy atom. The Morgan fingerprint density at radius 3 is 0.781 bits per heavy atom. The van der Waals surface area contributed by atoms with Gasteiger partial charge in [-0.15, -0.1) is 0 Å². The lowest BCUT2D eigenvalue weighted by atomic mass is 10.2. The summed E-state index contributed by atoms with van der Waals surface area (Å²) in [5, 5.41) is 41.0. The predicted molar refractivity (Wildman–Crippen MR) is 119 cm³/mol. The molecule has 32 heavy (non-hydrogen) atoms. The van der Waals surface area contributed by atoms with E-state index >= 15 is 0 Å². The third-order valence-corrected chi connectivity index (χ3v) is 3.38. The van der Waals surface area contributed by atoms with Crippen molar-refractivity contribution in [3.63, 3.8) is 0 Å². The number of benzene rings is 3. The first-order valence-corrected chi connectivity index (χ1v) is 9.40. The summed E-state index contributed by atoms with van der Waals surface area (Å²) in [5.41, 5.74) is 0.993. The Bertz CT molecular complexity index is 777. The number of hydrogen-bond donors (Lipinski definition) is 5. The molecule has 3 aromatic rings. The molecule has 0 aliphatic rings. The minimum Gasteiger partial charge on any atom is -0.478 e. The summed E-state index contributed by atoms with van der Waals surface area (Å²) in [4.78, 5) is 30.6. The van der Waals surface area contributed by atoms with Crippen molar-refractivity contribution in [1.82, 2.24) is 0 Å². The molecular formula is C24H26O8. The highest BCUT2D eigenvalue weighted by molar-refractivity contribution is 5.88. The van der Waals surface area contributed by atoms with Crippen LogP contribution >= 0.6 is 0 Å². The van der Waals surface area contributed by atoms with Crippen LogP contribution < -0.4 is 0 Å². The lowest BCUT2D eigenvalue weighted by Gasteiger charge is -1.88. The molecule has 0 aliphatic heterocycles. The van der Waals surface area contributed by atoms with Crippen LogP contribution in [0.25, 0.3) is 0 Å². The molecule has 0 amide bonds. The number of aliphatic hydroxyl groups excluding tert-OH is 2. The molecule has 0 aliphatic carbocycles. The van der Waals surface area contributed by atoms with Crippen LogP contribution in [-0.2, 0) is 0 Å². The van der Waals surface area contributed by atoms with Gasteiger partial charge in [0, 0.05) is 13.2 Å². The second-order valence-corrected chi connectivity index (χ2v) is 5.81. The first kappa shape index (κ1) is 28.0. The van der Waals surface area contributed by atoms with Gasteiger partial charge in [-0.1, -0.05) is 54.6 Å². The van der Waals surface area contributed by atoms with E-state index in [2.05, 4.69) is 0 Å². The van der Waals surface area contributed by atoms with Gasteiger partial charge < -0.3 is 25.5 Å². The maximum atomic E-state index is 10.2. The van der Waals surface area contributed by atoms with Gasteiger partial charge in [0.15, 0.2) is 0 Å². The van der Waals surface area contributed by atoms with Crippen molar-refractivity contribution in [2.75, 3.05) is 13.2 Å². The van der Waals surface area contributed by atoms with Crippen molar-refractivity contribution >= 4 is 17.9 Å². The van der Waals surface area contributed by atoms with Crippen molar-refractivity contribution in [1.29, 1.82) is 0 Å². The summed E-state index contributed by atoms with van der Waals surface area (Å²) in [5.74, 6) is -2.64. The van der Waals surface area contributed by atoms with Gasteiger partial charge in [-0.3, -0.25) is 0 Å². The Hall–Kier alpha value is -4.01. The second-order valence-electron chi connectivity index (χ2n) is 5.81. The number of hydrogen-bond acceptors (Lipinski definition) is 5. The third-order valence-electron chi connectivity index (χ3n) is 3.38. The lowest BCUT2D eigenvalue weighted by molar-refractivity contribution is 0.0686. The average Bonchev–Trinajstić information content (AvgIpc) is 2.82. The monoisotopic (exact) mass is 442 g/mol. The maximum absolute atomic E-state index is 10.2. The van der Waals surface area contributed by atoms with Crippen LogP contribution in [0.1, 0.15) is 37.5 Å². The van der Waals surface area contributed by atoms with Crippen LogP contribution in [0.5, 0.6) is 0 Å². The fraction of sp³-hybridized carbons (Fsp3) is 0.125. The molecule has 0 heterocycles. The van der Waals surface area contributed by atoms with E-state index in [1.807, 2.05) is 0 Å². The van der Waals surface area contributed by atoms with Gasteiger partial charge in [0.2, 0.25) is 0 Å². The summed E-state index contributed by atoms with van der Waals surface area (Å²) >= 11 is 0. The van der Waals surface area contributed by atoms with Crippen molar-refractivity contribution in [2.24, 2.45) is 0 Å². The molecule has 0 aromatic heterocycles. The fourth-order valence-electron chi connectivity index (χ4n) is 1.81. The van der Waals surface area contributed by atoms with Gasteiger partial charge in [-0.2, -0.15) is 0 Å². The summed E-state index contributed by atoms with van der Waals surface area (Å²) in [6, 6.07) is 24.9. The number of aliphatic hydroxyl groups is 2. The molecule has 8 nitrogen and oxygen atoms in total. The second kappa shape index (κ2) is 17.8. The molecule has 0 radical (unpaired) electrons. The minimum atomic E-state index is -0.879. The first-order valence-electron chi connectivity index (χ1n) is 9.40. The predicted octanol–water partition coefficient (Wildman–Crippen LogP) is 3.52. The van der Waals surface area contributed by atoms with E-state index in [-0.39, 0.29) is 13.2 Å². The molecule has 3 rings (SSSR count). The number of carboxylic acid groups (broad SMARTS) is 3. The molecule has 0 fully saturated rings. The van der Waals surface area contributed by atoms with E-state index in [9.17, 15) is 14.4 Å². The van der Waals surface area contributed by atoms with E-state index in [0.717, 1.165) is 0 Å². The molecule has 0 saturated carbocycles. The fourth-order valence-corrected chi connectivity index (χ4v) is 1.81. The molecular weight excluding hydrogens is 416 g/mol. The van der Waals surface area contributed by atoms with E-state index in [1.54, 1.807) is 91.0 Å².